The number of aliphatic hydroxyl groups excluding tert-OH is 1. The number of halogens is 2. The molecule has 1 atom stereocenters. The highest BCUT2D eigenvalue weighted by molar-refractivity contribution is 14.1. The number of likely N-dealkylation sites (tertiary alicyclic amines) is 1. The molecule has 13 heteroatoms. The Morgan fingerprint density at radius 1 is 0.923 bits per heavy atom. The van der Waals surface area contributed by atoms with E-state index in [0.29, 0.717) is 54.5 Å². The first-order valence-electron chi connectivity index (χ1n) is 17.0. The standard InChI is InChI=1S/C39H39I2N5O6/c40-30-20-24(22-42-23-34(48)28-10-12-33(47)37-29(28)11-13-35(49)44-37)21-31(41)38(30)45-36(50)16-19-46-17-14-26(15-18-46)52-39(51)43-32-9-5-4-8-27(32)25-6-2-1-3-7-25/h1-13,20-21,26,34,42,47-48H,14-19,22-23H2,(H,43,51)(H,44,49)(H,45,50)/t34-/m1/s1. The lowest BCUT2D eigenvalue weighted by molar-refractivity contribution is -0.116. The largest absolute Gasteiger partial charge is 0.506 e. The van der Waals surface area contributed by atoms with E-state index in [1.165, 1.54) is 12.1 Å². The fraction of sp³-hybridized carbons (Fsp3) is 0.256. The number of nitrogens with one attached hydrogen (secondary N) is 4. The second-order valence-electron chi connectivity index (χ2n) is 12.6. The Balaban J connectivity index is 0.927. The third-order valence-electron chi connectivity index (χ3n) is 9.01. The van der Waals surface area contributed by atoms with Crippen LogP contribution in [-0.4, -0.2) is 64.4 Å². The Labute approximate surface area is 328 Å². The number of nitrogens with zero attached hydrogens (tertiary/aromatic N) is 1. The van der Waals surface area contributed by atoms with Crippen LogP contribution in [0.4, 0.5) is 16.2 Å². The summed E-state index contributed by atoms with van der Waals surface area (Å²) >= 11 is 4.45. The second kappa shape index (κ2) is 17.7. The molecule has 52 heavy (non-hydrogen) atoms. The number of hydrogen-bond acceptors (Lipinski definition) is 8. The van der Waals surface area contributed by atoms with Crippen LogP contribution in [0.5, 0.6) is 5.75 Å². The van der Waals surface area contributed by atoms with Crippen LogP contribution < -0.4 is 21.5 Å². The van der Waals surface area contributed by atoms with Gasteiger partial charge < -0.3 is 35.5 Å². The molecular formula is C39H39I2N5O6. The van der Waals surface area contributed by atoms with E-state index in [9.17, 15) is 24.6 Å². The van der Waals surface area contributed by atoms with E-state index >= 15 is 0 Å². The summed E-state index contributed by atoms with van der Waals surface area (Å²) in [6, 6.07) is 27.6. The van der Waals surface area contributed by atoms with E-state index in [2.05, 4.69) is 71.0 Å². The molecule has 2 amide bonds. The maximum atomic E-state index is 13.0. The topological polar surface area (TPSA) is 156 Å². The van der Waals surface area contributed by atoms with E-state index in [-0.39, 0.29) is 29.9 Å². The van der Waals surface area contributed by atoms with Crippen molar-refractivity contribution in [2.45, 2.75) is 38.0 Å². The number of pyridine rings is 1. The number of carbonyl (C=O) groups excluding carboxylic acids is 2. The maximum absolute atomic E-state index is 13.0. The minimum absolute atomic E-state index is 0.0525. The van der Waals surface area contributed by atoms with Gasteiger partial charge in [0, 0.05) is 63.3 Å². The summed E-state index contributed by atoms with van der Waals surface area (Å²) in [7, 11) is 0. The number of H-pyrrole nitrogens is 1. The van der Waals surface area contributed by atoms with Gasteiger partial charge in [-0.2, -0.15) is 0 Å². The number of carbonyl (C=O) groups is 2. The number of benzene rings is 4. The zero-order chi connectivity index (χ0) is 36.6. The molecule has 0 radical (unpaired) electrons. The molecule has 1 saturated heterocycles. The summed E-state index contributed by atoms with van der Waals surface area (Å²) in [5.41, 5.74) is 4.98. The van der Waals surface area contributed by atoms with Crippen molar-refractivity contribution in [2.75, 3.05) is 36.8 Å². The maximum Gasteiger partial charge on any atom is 0.411 e. The van der Waals surface area contributed by atoms with Crippen LogP contribution in [0.1, 0.15) is 36.5 Å². The Morgan fingerprint density at radius 2 is 1.63 bits per heavy atom. The number of amides is 2. The van der Waals surface area contributed by atoms with Gasteiger partial charge in [0.15, 0.2) is 0 Å². The van der Waals surface area contributed by atoms with Crippen LogP contribution in [-0.2, 0) is 16.1 Å². The number of phenolic OH excluding ortho intramolecular Hbond substituents is 1. The fourth-order valence-electron chi connectivity index (χ4n) is 6.32. The number of hydrogen-bond donors (Lipinski definition) is 6. The number of phenols is 1. The summed E-state index contributed by atoms with van der Waals surface area (Å²) in [6.45, 7) is 2.83. The number of aromatic amines is 1. The van der Waals surface area contributed by atoms with Crippen LogP contribution in [0.2, 0.25) is 0 Å². The molecule has 270 valence electrons. The summed E-state index contributed by atoms with van der Waals surface area (Å²) in [5, 5.41) is 30.9. The number of fused-ring (bicyclic) bond motifs is 1. The summed E-state index contributed by atoms with van der Waals surface area (Å²) in [6.07, 6.45) is 0.223. The Bertz CT molecular complexity index is 2080. The number of anilines is 2. The SMILES string of the molecule is O=C(CCN1CCC(OC(=O)Nc2ccccc2-c2ccccc2)CC1)Nc1c(I)cc(CNC[C@@H](O)c2ccc(O)c3[nH]c(=O)ccc23)cc1I. The van der Waals surface area contributed by atoms with Gasteiger partial charge in [0.2, 0.25) is 11.5 Å². The van der Waals surface area contributed by atoms with Gasteiger partial charge in [-0.1, -0.05) is 54.6 Å². The zero-order valence-corrected chi connectivity index (χ0v) is 32.5. The number of para-hydroxylation sites is 1. The van der Waals surface area contributed by atoms with Crippen molar-refractivity contribution >= 4 is 79.5 Å². The van der Waals surface area contributed by atoms with Crippen LogP contribution in [0.15, 0.2) is 95.8 Å². The average Bonchev–Trinajstić information content (AvgIpc) is 3.13. The van der Waals surface area contributed by atoms with Gasteiger partial charge in [-0.3, -0.25) is 14.9 Å². The molecule has 5 aromatic rings. The molecule has 6 N–H and O–H groups in total. The monoisotopic (exact) mass is 927 g/mol. The molecule has 4 aromatic carbocycles. The minimum Gasteiger partial charge on any atom is -0.506 e. The van der Waals surface area contributed by atoms with Crippen LogP contribution >= 0.6 is 45.2 Å². The third kappa shape index (κ3) is 9.69. The van der Waals surface area contributed by atoms with Gasteiger partial charge in [0.25, 0.3) is 0 Å². The molecule has 0 aliphatic carbocycles. The molecule has 6 rings (SSSR count). The van der Waals surface area contributed by atoms with Crippen molar-refractivity contribution < 1.29 is 24.5 Å². The van der Waals surface area contributed by atoms with E-state index in [0.717, 1.165) is 42.6 Å². The Hall–Kier alpha value is -4.03. The number of aliphatic hydroxyl groups is 1. The van der Waals surface area contributed by atoms with Gasteiger partial charge in [0.1, 0.15) is 11.9 Å². The highest BCUT2D eigenvalue weighted by Crippen LogP contribution is 2.30. The first kappa shape index (κ1) is 37.7. The van der Waals surface area contributed by atoms with E-state index in [1.54, 1.807) is 12.1 Å². The second-order valence-corrected chi connectivity index (χ2v) is 15.0. The highest BCUT2D eigenvalue weighted by Gasteiger charge is 2.23. The summed E-state index contributed by atoms with van der Waals surface area (Å²) in [5.74, 6) is -0.120. The van der Waals surface area contributed by atoms with Crippen LogP contribution in [0.3, 0.4) is 0 Å². The fourth-order valence-corrected chi connectivity index (χ4v) is 8.49. The molecule has 11 nitrogen and oxygen atoms in total. The molecular weight excluding hydrogens is 888 g/mol. The van der Waals surface area contributed by atoms with Crippen molar-refractivity contribution in [2.24, 2.45) is 0 Å². The normalized spacial score (nSPS) is 14.2. The predicted molar refractivity (Wildman–Crippen MR) is 219 cm³/mol. The first-order valence-corrected chi connectivity index (χ1v) is 19.2. The molecule has 0 spiro atoms. The van der Waals surface area contributed by atoms with Crippen LogP contribution in [0, 0.1) is 7.14 Å². The zero-order valence-electron chi connectivity index (χ0n) is 28.2. The molecule has 1 aliphatic heterocycles. The number of rotatable bonds is 12. The van der Waals surface area contributed by atoms with Crippen molar-refractivity contribution in [3.8, 4) is 16.9 Å². The van der Waals surface area contributed by atoms with Gasteiger partial charge >= 0.3 is 6.09 Å². The van der Waals surface area contributed by atoms with Crippen molar-refractivity contribution in [1.29, 1.82) is 0 Å². The molecule has 2 heterocycles. The lowest BCUT2D eigenvalue weighted by Gasteiger charge is -2.31. The van der Waals surface area contributed by atoms with Crippen LogP contribution in [0.25, 0.3) is 22.0 Å². The molecule has 1 fully saturated rings. The van der Waals surface area contributed by atoms with Gasteiger partial charge in [0.05, 0.1) is 23.0 Å². The molecule has 0 unspecified atom stereocenters. The number of aromatic hydroxyl groups is 1. The third-order valence-corrected chi connectivity index (χ3v) is 10.7. The molecule has 1 aliphatic rings. The highest BCUT2D eigenvalue weighted by atomic mass is 127. The van der Waals surface area contributed by atoms with Crippen molar-refractivity contribution in [1.82, 2.24) is 15.2 Å². The van der Waals surface area contributed by atoms with Crippen molar-refractivity contribution in [3.63, 3.8) is 0 Å². The molecule has 0 bridgehead atoms. The van der Waals surface area contributed by atoms with Gasteiger partial charge in [-0.05, 0) is 105 Å². The smallest absolute Gasteiger partial charge is 0.411 e. The predicted octanol–water partition coefficient (Wildman–Crippen LogP) is 6.97. The van der Waals surface area contributed by atoms with E-state index < -0.39 is 12.2 Å². The van der Waals surface area contributed by atoms with Gasteiger partial charge in [-0.15, -0.1) is 0 Å². The summed E-state index contributed by atoms with van der Waals surface area (Å²) in [4.78, 5) is 42.3. The minimum atomic E-state index is -0.864. The lowest BCUT2D eigenvalue weighted by atomic mass is 10.0. The first-order chi connectivity index (χ1) is 25.1. The molecule has 1 aromatic heterocycles. The van der Waals surface area contributed by atoms with E-state index in [4.69, 9.17) is 4.74 Å². The quantitative estimate of drug-likeness (QED) is 0.0734. The number of piperidine rings is 1. The lowest BCUT2D eigenvalue weighted by Crippen LogP contribution is -2.39. The van der Waals surface area contributed by atoms with Crippen molar-refractivity contribution in [3.05, 3.63) is 120 Å². The number of aromatic nitrogens is 1. The average molecular weight is 928 g/mol. The van der Waals surface area contributed by atoms with Gasteiger partial charge in [-0.25, -0.2) is 4.79 Å². The van der Waals surface area contributed by atoms with E-state index in [1.807, 2.05) is 66.7 Å². The number of ether oxygens (including phenoxy) is 1. The molecule has 0 saturated carbocycles. The Kier molecular flexibility index (Phi) is 12.8. The summed E-state index contributed by atoms with van der Waals surface area (Å²) < 4.78 is 7.58. The Morgan fingerprint density at radius 3 is 2.38 bits per heavy atom.